The van der Waals surface area contributed by atoms with Crippen molar-refractivity contribution >= 4 is 40.5 Å². The second-order valence-corrected chi connectivity index (χ2v) is 5.52. The number of hydrogen-bond acceptors (Lipinski definition) is 6. The molecule has 2 heterocycles. The number of aromatic amines is 1. The van der Waals surface area contributed by atoms with Crippen LogP contribution >= 0.6 is 11.9 Å². The normalized spacial score (nSPS) is 10.8. The summed E-state index contributed by atoms with van der Waals surface area (Å²) in [5.41, 5.74) is 1.42. The molecule has 8 heteroatoms. The fourth-order valence-corrected chi connectivity index (χ4v) is 2.61. The maximum atomic E-state index is 11.0. The van der Waals surface area contributed by atoms with Gasteiger partial charge in [-0.3, -0.25) is 4.72 Å². The molecule has 7 nitrogen and oxygen atoms in total. The largest absolute Gasteiger partial charge is 0.477 e. The fraction of sp³-hybridized carbons (Fsp3) is 0.0714. The number of hydrogen-bond donors (Lipinski definition) is 4. The lowest BCUT2D eigenvalue weighted by Gasteiger charge is -2.07. The lowest BCUT2D eigenvalue weighted by molar-refractivity contribution is 0.0691. The smallest absolute Gasteiger partial charge is 0.352 e. The van der Waals surface area contributed by atoms with Gasteiger partial charge in [0.1, 0.15) is 23.5 Å². The van der Waals surface area contributed by atoms with Crippen LogP contribution in [-0.2, 0) is 0 Å². The van der Waals surface area contributed by atoms with Gasteiger partial charge in [0.2, 0.25) is 0 Å². The van der Waals surface area contributed by atoms with Crippen LogP contribution in [-0.4, -0.2) is 33.1 Å². The summed E-state index contributed by atoms with van der Waals surface area (Å²) in [4.78, 5) is 23.1. The average molecular weight is 315 g/mol. The molecule has 0 spiro atoms. The van der Waals surface area contributed by atoms with Crippen LogP contribution in [0.4, 0.5) is 11.5 Å². The summed E-state index contributed by atoms with van der Waals surface area (Å²) >= 11 is 1.51. The minimum Gasteiger partial charge on any atom is -0.477 e. The van der Waals surface area contributed by atoms with Gasteiger partial charge < -0.3 is 15.4 Å². The highest BCUT2D eigenvalue weighted by molar-refractivity contribution is 7.97. The van der Waals surface area contributed by atoms with Crippen LogP contribution in [0.3, 0.4) is 0 Å². The van der Waals surface area contributed by atoms with E-state index < -0.39 is 5.97 Å². The molecule has 0 saturated carbocycles. The van der Waals surface area contributed by atoms with Crippen LogP contribution in [0.25, 0.3) is 11.0 Å². The van der Waals surface area contributed by atoms with Gasteiger partial charge >= 0.3 is 5.97 Å². The zero-order chi connectivity index (χ0) is 15.5. The Labute approximate surface area is 130 Å². The van der Waals surface area contributed by atoms with E-state index in [-0.39, 0.29) is 5.69 Å². The number of anilines is 2. The number of nitrogens with zero attached hydrogens (tertiary/aromatic N) is 2. The molecule has 1 aromatic carbocycles. The topological polar surface area (TPSA) is 103 Å². The predicted molar refractivity (Wildman–Crippen MR) is 85.5 cm³/mol. The van der Waals surface area contributed by atoms with Crippen LogP contribution in [0.2, 0.25) is 0 Å². The van der Waals surface area contributed by atoms with E-state index in [0.717, 1.165) is 10.6 Å². The molecule has 0 bridgehead atoms. The third kappa shape index (κ3) is 2.87. The van der Waals surface area contributed by atoms with E-state index in [2.05, 4.69) is 25.0 Å². The monoisotopic (exact) mass is 315 g/mol. The van der Waals surface area contributed by atoms with Crippen LogP contribution in [0.1, 0.15) is 10.5 Å². The molecule has 3 rings (SSSR count). The Hall–Kier alpha value is -2.58. The first-order valence-electron chi connectivity index (χ1n) is 6.45. The summed E-state index contributed by atoms with van der Waals surface area (Å²) in [6.07, 6.45) is 1.39. The second-order valence-electron chi connectivity index (χ2n) is 4.43. The van der Waals surface area contributed by atoms with E-state index in [1.807, 2.05) is 31.3 Å². The van der Waals surface area contributed by atoms with E-state index >= 15 is 0 Å². The van der Waals surface area contributed by atoms with Crippen molar-refractivity contribution in [3.8, 4) is 0 Å². The highest BCUT2D eigenvalue weighted by Gasteiger charge is 2.12. The number of aromatic carboxylic acids is 1. The van der Waals surface area contributed by atoms with Crippen molar-refractivity contribution in [2.75, 3.05) is 12.4 Å². The molecule has 112 valence electrons. The molecule has 3 aromatic rings. The molecule has 0 aliphatic heterocycles. The number of benzene rings is 1. The van der Waals surface area contributed by atoms with Gasteiger partial charge in [0.05, 0.1) is 5.39 Å². The summed E-state index contributed by atoms with van der Waals surface area (Å²) in [5, 5.41) is 12.9. The van der Waals surface area contributed by atoms with Crippen molar-refractivity contribution in [1.29, 1.82) is 0 Å². The lowest BCUT2D eigenvalue weighted by Crippen LogP contribution is -1.96. The SMILES string of the molecule is CNSc1cccc(Nc2ncnc3[nH]c(C(=O)O)cc23)c1. The standard InChI is InChI=1S/C14H13N5O2S/c1-15-22-9-4-2-3-8(5-9)18-12-10-6-11(14(20)21)19-13(10)17-7-16-12/h2-7,15H,1H3,(H,20,21)(H2,16,17,18,19). The average Bonchev–Trinajstić information content (AvgIpc) is 2.93. The Morgan fingerprint density at radius 2 is 2.18 bits per heavy atom. The number of aromatic nitrogens is 3. The van der Waals surface area contributed by atoms with Crippen LogP contribution < -0.4 is 10.0 Å². The minimum absolute atomic E-state index is 0.0815. The second kappa shape index (κ2) is 6.04. The zero-order valence-corrected chi connectivity index (χ0v) is 12.4. The van der Waals surface area contributed by atoms with Crippen molar-refractivity contribution in [2.24, 2.45) is 0 Å². The third-order valence-corrected chi connectivity index (χ3v) is 3.67. The van der Waals surface area contributed by atoms with Gasteiger partial charge in [0, 0.05) is 10.6 Å². The van der Waals surface area contributed by atoms with Gasteiger partial charge in [0.25, 0.3) is 0 Å². The molecule has 0 aliphatic rings. The molecular formula is C14H13N5O2S. The molecule has 22 heavy (non-hydrogen) atoms. The summed E-state index contributed by atoms with van der Waals surface area (Å²) in [6.45, 7) is 0. The number of rotatable bonds is 5. The molecule has 2 aromatic heterocycles. The van der Waals surface area contributed by atoms with Crippen molar-refractivity contribution < 1.29 is 9.90 Å². The van der Waals surface area contributed by atoms with Gasteiger partial charge in [-0.25, -0.2) is 14.8 Å². The molecular weight excluding hydrogens is 302 g/mol. The number of nitrogens with one attached hydrogen (secondary N) is 3. The highest BCUT2D eigenvalue weighted by atomic mass is 32.2. The summed E-state index contributed by atoms with van der Waals surface area (Å²) in [7, 11) is 1.85. The number of fused-ring (bicyclic) bond motifs is 1. The molecule has 0 radical (unpaired) electrons. The Kier molecular flexibility index (Phi) is 3.94. The Morgan fingerprint density at radius 1 is 1.32 bits per heavy atom. The number of carboxylic acid groups (broad SMARTS) is 1. The number of H-pyrrole nitrogens is 1. The minimum atomic E-state index is -1.03. The number of carboxylic acids is 1. The lowest BCUT2D eigenvalue weighted by atomic mass is 10.3. The molecule has 0 saturated heterocycles. The first-order chi connectivity index (χ1) is 10.7. The highest BCUT2D eigenvalue weighted by Crippen LogP contribution is 2.26. The Balaban J connectivity index is 1.96. The van der Waals surface area contributed by atoms with Crippen molar-refractivity contribution in [3.05, 3.63) is 42.4 Å². The first kappa shape index (κ1) is 14.4. The van der Waals surface area contributed by atoms with Gasteiger partial charge in [-0.2, -0.15) is 0 Å². The fourth-order valence-electron chi connectivity index (χ4n) is 2.05. The van der Waals surface area contributed by atoms with Crippen molar-refractivity contribution in [1.82, 2.24) is 19.7 Å². The van der Waals surface area contributed by atoms with E-state index in [9.17, 15) is 4.79 Å². The first-order valence-corrected chi connectivity index (χ1v) is 7.26. The number of carbonyl (C=O) groups is 1. The third-order valence-electron chi connectivity index (χ3n) is 2.97. The summed E-state index contributed by atoms with van der Waals surface area (Å²) in [6, 6.07) is 9.32. The molecule has 4 N–H and O–H groups in total. The molecule has 0 fully saturated rings. The molecule has 0 aliphatic carbocycles. The predicted octanol–water partition coefficient (Wildman–Crippen LogP) is 2.63. The Morgan fingerprint density at radius 3 is 2.95 bits per heavy atom. The van der Waals surface area contributed by atoms with Gasteiger partial charge in [-0.1, -0.05) is 6.07 Å². The van der Waals surface area contributed by atoms with Crippen LogP contribution in [0.5, 0.6) is 0 Å². The van der Waals surface area contributed by atoms with E-state index in [0.29, 0.717) is 16.9 Å². The van der Waals surface area contributed by atoms with E-state index in [1.54, 1.807) is 0 Å². The van der Waals surface area contributed by atoms with Crippen LogP contribution in [0.15, 0.2) is 41.6 Å². The van der Waals surface area contributed by atoms with Gasteiger partial charge in [0.15, 0.2) is 0 Å². The van der Waals surface area contributed by atoms with Gasteiger partial charge in [-0.15, -0.1) is 0 Å². The van der Waals surface area contributed by atoms with Gasteiger partial charge in [-0.05, 0) is 43.3 Å². The molecule has 0 unspecified atom stereocenters. The quantitative estimate of drug-likeness (QED) is 0.537. The molecule has 0 amide bonds. The summed E-state index contributed by atoms with van der Waals surface area (Å²) in [5.74, 6) is -0.475. The van der Waals surface area contributed by atoms with E-state index in [4.69, 9.17) is 5.11 Å². The maximum Gasteiger partial charge on any atom is 0.352 e. The van der Waals surface area contributed by atoms with Crippen molar-refractivity contribution in [3.63, 3.8) is 0 Å². The maximum absolute atomic E-state index is 11.0. The summed E-state index contributed by atoms with van der Waals surface area (Å²) < 4.78 is 3.01. The van der Waals surface area contributed by atoms with E-state index in [1.165, 1.54) is 24.3 Å². The van der Waals surface area contributed by atoms with Crippen molar-refractivity contribution in [2.45, 2.75) is 4.90 Å². The van der Waals surface area contributed by atoms with Crippen LogP contribution in [0, 0.1) is 0 Å². The Bertz CT molecular complexity index is 833. The zero-order valence-electron chi connectivity index (χ0n) is 11.6. The molecule has 0 atom stereocenters.